The number of likely N-dealkylation sites (tertiary alicyclic amines) is 2. The number of nitrogens with zero attached hydrogens (tertiary/aromatic N) is 4. The molecular formula is C48H70N4O13. The first-order valence-electron chi connectivity index (χ1n) is 20.5. The van der Waals surface area contributed by atoms with Gasteiger partial charge in [0.25, 0.3) is 6.54 Å². The van der Waals surface area contributed by atoms with Gasteiger partial charge >= 0.3 is 24.1 Å². The molecule has 17 heteroatoms. The van der Waals surface area contributed by atoms with Gasteiger partial charge in [-0.2, -0.15) is 0 Å². The summed E-state index contributed by atoms with van der Waals surface area (Å²) in [6, 6.07) is 15.5. The first-order valence-corrected chi connectivity index (χ1v) is 20.5. The third kappa shape index (κ3) is 18.5. The van der Waals surface area contributed by atoms with Gasteiger partial charge in [-0.05, 0) is 83.1 Å². The van der Waals surface area contributed by atoms with Gasteiger partial charge < -0.3 is 23.8 Å². The molecule has 0 N–H and O–H groups in total. The molecule has 360 valence electrons. The fourth-order valence-electron chi connectivity index (χ4n) is 6.36. The van der Waals surface area contributed by atoms with Crippen LogP contribution < -0.4 is 0 Å². The number of ketones is 2. The average molecular weight is 911 g/mol. The predicted molar refractivity (Wildman–Crippen MR) is 246 cm³/mol. The minimum Gasteiger partial charge on any atom is -0.458 e. The second-order valence-corrected chi connectivity index (χ2v) is 19.4. The van der Waals surface area contributed by atoms with Crippen LogP contribution in [0.25, 0.3) is 0 Å². The highest BCUT2D eigenvalue weighted by molar-refractivity contribution is 6.46. The molecule has 0 radical (unpaired) electrons. The molecule has 1 spiro atoms. The van der Waals surface area contributed by atoms with Gasteiger partial charge in [0.1, 0.15) is 40.2 Å². The molecule has 2 aromatic rings. The van der Waals surface area contributed by atoms with E-state index in [0.29, 0.717) is 24.1 Å². The van der Waals surface area contributed by atoms with Gasteiger partial charge in [-0.3, -0.25) is 29.5 Å². The molecule has 65 heavy (non-hydrogen) atoms. The fourth-order valence-corrected chi connectivity index (χ4v) is 6.36. The van der Waals surface area contributed by atoms with E-state index in [-0.39, 0.29) is 45.7 Å². The SMILES string of the molecule is C.C.C=C1C[C@@H](C(=O)OC(C)(C)C)N(C(=O)OC(C)(C)C)C1.CC(C)(C)OC(=O)[C@@H]1C[C@]2(CC(C(=O)c3ccccc3)=NO2)CN1C(=O)OC(C)(C)C.O=C(C[N+](=O)[O-])c1ccccc1. The van der Waals surface area contributed by atoms with E-state index in [0.717, 1.165) is 5.57 Å². The Morgan fingerprint density at radius 2 is 1.14 bits per heavy atom. The maximum Gasteiger partial charge on any atom is 0.411 e. The molecule has 3 heterocycles. The lowest BCUT2D eigenvalue weighted by Crippen LogP contribution is -2.46. The van der Waals surface area contributed by atoms with Gasteiger partial charge in [-0.25, -0.2) is 19.2 Å². The third-order valence-corrected chi connectivity index (χ3v) is 8.77. The van der Waals surface area contributed by atoms with E-state index >= 15 is 0 Å². The van der Waals surface area contributed by atoms with Crippen molar-refractivity contribution in [2.75, 3.05) is 19.6 Å². The maximum atomic E-state index is 12.9. The van der Waals surface area contributed by atoms with Crippen LogP contribution in [-0.4, -0.2) is 116 Å². The van der Waals surface area contributed by atoms with Crippen molar-refractivity contribution in [3.8, 4) is 0 Å². The largest absolute Gasteiger partial charge is 0.458 e. The number of carbonyl (C=O) groups excluding carboxylic acids is 6. The molecule has 3 aliphatic rings. The molecule has 2 fully saturated rings. The summed E-state index contributed by atoms with van der Waals surface area (Å²) in [6.45, 7) is 24.9. The Morgan fingerprint density at radius 3 is 1.58 bits per heavy atom. The Morgan fingerprint density at radius 1 is 0.708 bits per heavy atom. The molecule has 17 nitrogen and oxygen atoms in total. The monoisotopic (exact) mass is 910 g/mol. The van der Waals surface area contributed by atoms with Crippen molar-refractivity contribution >= 4 is 41.4 Å². The van der Waals surface area contributed by atoms with Gasteiger partial charge in [0.05, 0.1) is 6.54 Å². The van der Waals surface area contributed by atoms with Gasteiger partial charge in [0.15, 0.2) is 5.60 Å². The molecule has 2 aromatic carbocycles. The summed E-state index contributed by atoms with van der Waals surface area (Å²) in [5.74, 6) is -1.65. The van der Waals surface area contributed by atoms with Crippen LogP contribution in [-0.2, 0) is 33.4 Å². The molecule has 5 rings (SSSR count). The van der Waals surface area contributed by atoms with Crippen LogP contribution in [0.5, 0.6) is 0 Å². The lowest BCUT2D eigenvalue weighted by molar-refractivity contribution is -0.465. The van der Waals surface area contributed by atoms with Crippen molar-refractivity contribution in [3.63, 3.8) is 0 Å². The summed E-state index contributed by atoms with van der Waals surface area (Å²) < 4.78 is 21.7. The number of benzene rings is 2. The predicted octanol–water partition coefficient (Wildman–Crippen LogP) is 9.05. The smallest absolute Gasteiger partial charge is 0.411 e. The number of Topliss-reactive ketones (excluding diaryl/α,β-unsaturated/α-hetero) is 2. The molecule has 0 bridgehead atoms. The zero-order chi connectivity index (χ0) is 47.7. The number of esters is 2. The summed E-state index contributed by atoms with van der Waals surface area (Å²) in [5, 5.41) is 14.0. The van der Waals surface area contributed by atoms with E-state index in [2.05, 4.69) is 11.7 Å². The van der Waals surface area contributed by atoms with E-state index in [1.807, 2.05) is 6.07 Å². The number of carbonyl (C=O) groups is 6. The Labute approximate surface area is 384 Å². The Hall–Kier alpha value is -6.13. The number of oxime groups is 1. The van der Waals surface area contributed by atoms with E-state index in [1.54, 1.807) is 138 Å². The Kier molecular flexibility index (Phi) is 19.8. The van der Waals surface area contributed by atoms with Gasteiger partial charge in [-0.15, -0.1) is 0 Å². The molecule has 0 aromatic heterocycles. The van der Waals surface area contributed by atoms with Crippen LogP contribution in [0.3, 0.4) is 0 Å². The van der Waals surface area contributed by atoms with E-state index < -0.39 is 81.5 Å². The number of nitro groups is 1. The summed E-state index contributed by atoms with van der Waals surface area (Å²) in [5.41, 5.74) is -1.62. The Bertz CT molecular complexity index is 1970. The van der Waals surface area contributed by atoms with Crippen molar-refractivity contribution in [1.82, 2.24) is 9.80 Å². The van der Waals surface area contributed by atoms with Crippen LogP contribution >= 0.6 is 0 Å². The lowest BCUT2D eigenvalue weighted by Gasteiger charge is -2.29. The number of ether oxygens (including phenoxy) is 4. The van der Waals surface area contributed by atoms with Crippen LogP contribution in [0.15, 0.2) is 78.0 Å². The van der Waals surface area contributed by atoms with Gasteiger partial charge in [0, 0.05) is 41.9 Å². The molecule has 2 saturated heterocycles. The Balaban J connectivity index is 0.000000533. The minimum absolute atomic E-state index is 0. The topological polar surface area (TPSA) is 211 Å². The number of hydrogen-bond acceptors (Lipinski definition) is 14. The highest BCUT2D eigenvalue weighted by Gasteiger charge is 2.56. The number of amides is 2. The molecule has 0 aliphatic carbocycles. The van der Waals surface area contributed by atoms with Crippen molar-refractivity contribution in [3.05, 3.63) is 94.1 Å². The standard InChI is InChI=1S/C23H30N2O6.C15H25NO4.C8H7NO3.2CH4/c1-21(2,3)29-19(27)17-13-23(14-25(17)20(28)30-22(4,5)6)12-16(24-31-23)18(26)15-10-8-7-9-11-15;1-10-8-11(12(17)19-14(2,3)4)16(9-10)13(18)20-15(5,6)7;10-8(6-9(11)12)7-4-2-1-3-5-7;;/h7-11,17H,12-14H2,1-6H3;11H,1,8-9H2,2-7H3;1-5H,6H2;2*1H4/t17-,23+;11-;;;/m00.../s1. The summed E-state index contributed by atoms with van der Waals surface area (Å²) in [4.78, 5) is 91.6. The van der Waals surface area contributed by atoms with Crippen LogP contribution in [0.2, 0.25) is 0 Å². The van der Waals surface area contributed by atoms with E-state index in [4.69, 9.17) is 23.8 Å². The quantitative estimate of drug-likeness (QED) is 0.0635. The van der Waals surface area contributed by atoms with Crippen LogP contribution in [0.4, 0.5) is 9.59 Å². The first kappa shape index (κ1) is 56.9. The molecule has 3 aliphatic heterocycles. The molecule has 2 amide bonds. The van der Waals surface area contributed by atoms with Crippen molar-refractivity contribution < 1.29 is 57.5 Å². The van der Waals surface area contributed by atoms with Crippen molar-refractivity contribution in [2.45, 2.75) is 157 Å². The number of hydrogen-bond donors (Lipinski definition) is 0. The normalized spacial score (nSPS) is 19.0. The van der Waals surface area contributed by atoms with E-state index in [1.165, 1.54) is 9.80 Å². The molecular weight excluding hydrogens is 841 g/mol. The van der Waals surface area contributed by atoms with Crippen molar-refractivity contribution in [1.29, 1.82) is 0 Å². The van der Waals surface area contributed by atoms with Gasteiger partial charge in [-0.1, -0.05) is 92.8 Å². The highest BCUT2D eigenvalue weighted by atomic mass is 16.7. The second-order valence-electron chi connectivity index (χ2n) is 19.4. The molecule has 0 unspecified atom stereocenters. The second kappa shape index (κ2) is 22.7. The maximum absolute atomic E-state index is 12.9. The summed E-state index contributed by atoms with van der Waals surface area (Å²) >= 11 is 0. The lowest BCUT2D eigenvalue weighted by atomic mass is 9.91. The van der Waals surface area contributed by atoms with Crippen LogP contribution in [0, 0.1) is 10.1 Å². The highest BCUT2D eigenvalue weighted by Crippen LogP contribution is 2.39. The first-order chi connectivity index (χ1) is 28.9. The third-order valence-electron chi connectivity index (χ3n) is 8.77. The zero-order valence-corrected chi connectivity index (χ0v) is 38.5. The summed E-state index contributed by atoms with van der Waals surface area (Å²) in [7, 11) is 0. The fraction of sp³-hybridized carbons (Fsp3) is 0.562. The average Bonchev–Trinajstić information content (AvgIpc) is 3.86. The van der Waals surface area contributed by atoms with Crippen molar-refractivity contribution in [2.24, 2.45) is 5.16 Å². The minimum atomic E-state index is -0.974. The zero-order valence-electron chi connectivity index (χ0n) is 38.5. The molecule has 0 saturated carbocycles. The molecule has 3 atom stereocenters. The summed E-state index contributed by atoms with van der Waals surface area (Å²) in [6.07, 6.45) is -0.359. The van der Waals surface area contributed by atoms with E-state index in [9.17, 15) is 38.9 Å². The number of rotatable bonds is 7. The van der Waals surface area contributed by atoms with Crippen LogP contribution in [0.1, 0.15) is 138 Å². The van der Waals surface area contributed by atoms with Gasteiger partial charge in [0.2, 0.25) is 11.6 Å².